The van der Waals surface area contributed by atoms with Crippen molar-refractivity contribution in [1.82, 2.24) is 19.7 Å². The number of carbonyl (C=O) groups excluding carboxylic acids is 1. The van der Waals surface area contributed by atoms with Crippen LogP contribution >= 0.6 is 0 Å². The lowest BCUT2D eigenvalue weighted by atomic mass is 10.2. The number of rotatable bonds is 8. The van der Waals surface area contributed by atoms with Crippen LogP contribution in [0.1, 0.15) is 21.6 Å². The number of fused-ring (bicyclic) bond motifs is 1. The van der Waals surface area contributed by atoms with Gasteiger partial charge in [-0.25, -0.2) is 22.0 Å². The van der Waals surface area contributed by atoms with Crippen molar-refractivity contribution in [3.8, 4) is 5.75 Å². The number of amides is 1. The third-order valence-corrected chi connectivity index (χ3v) is 4.86. The Kier molecular flexibility index (Phi) is 6.14. The molecule has 0 radical (unpaired) electrons. The number of ether oxygens (including phenoxy) is 1. The smallest absolute Gasteiger partial charge is 0.255 e. The molecular formula is C19H21FN4O4S. The molecule has 10 heteroatoms. The van der Waals surface area contributed by atoms with Gasteiger partial charge in [0, 0.05) is 30.9 Å². The fourth-order valence-electron chi connectivity index (χ4n) is 2.79. The third kappa shape index (κ3) is 5.30. The first-order valence-electron chi connectivity index (χ1n) is 8.82. The van der Waals surface area contributed by atoms with E-state index in [9.17, 15) is 17.6 Å². The maximum Gasteiger partial charge on any atom is 0.255 e. The molecule has 0 bridgehead atoms. The predicted octanol–water partition coefficient (Wildman–Crippen LogP) is 1.64. The summed E-state index contributed by atoms with van der Waals surface area (Å²) in [4.78, 5) is 12.6. The molecule has 0 atom stereocenters. The average molecular weight is 420 g/mol. The first-order chi connectivity index (χ1) is 13.7. The number of hydrogen-bond donors (Lipinski definition) is 2. The summed E-state index contributed by atoms with van der Waals surface area (Å²) in [6.07, 6.45) is 2.70. The molecule has 8 nitrogen and oxygen atoms in total. The van der Waals surface area contributed by atoms with Gasteiger partial charge in [0.1, 0.15) is 18.2 Å². The predicted molar refractivity (Wildman–Crippen MR) is 106 cm³/mol. The number of pyridine rings is 1. The van der Waals surface area contributed by atoms with Gasteiger partial charge >= 0.3 is 0 Å². The van der Waals surface area contributed by atoms with Crippen LogP contribution in [0.2, 0.25) is 0 Å². The summed E-state index contributed by atoms with van der Waals surface area (Å²) in [5.74, 6) is -0.260. The van der Waals surface area contributed by atoms with E-state index in [0.717, 1.165) is 6.26 Å². The van der Waals surface area contributed by atoms with Crippen LogP contribution in [-0.2, 0) is 16.6 Å². The first-order valence-corrected chi connectivity index (χ1v) is 10.7. The lowest BCUT2D eigenvalue weighted by molar-refractivity contribution is 0.0955. The van der Waals surface area contributed by atoms with Gasteiger partial charge < -0.3 is 10.1 Å². The molecule has 0 unspecified atom stereocenters. The second kappa shape index (κ2) is 8.58. The summed E-state index contributed by atoms with van der Waals surface area (Å²) in [6, 6.07) is 9.68. The molecule has 3 aromatic rings. The van der Waals surface area contributed by atoms with Crippen molar-refractivity contribution in [2.45, 2.75) is 13.5 Å². The number of nitrogens with one attached hydrogen (secondary N) is 2. The van der Waals surface area contributed by atoms with Crippen LogP contribution in [0.4, 0.5) is 4.39 Å². The Morgan fingerprint density at radius 2 is 2.00 bits per heavy atom. The van der Waals surface area contributed by atoms with Crippen molar-refractivity contribution < 1.29 is 22.3 Å². The molecule has 0 aliphatic rings. The van der Waals surface area contributed by atoms with E-state index in [-0.39, 0.29) is 31.4 Å². The van der Waals surface area contributed by atoms with E-state index in [1.807, 2.05) is 0 Å². The lowest BCUT2D eigenvalue weighted by Gasteiger charge is -2.08. The normalized spacial score (nSPS) is 11.6. The second-order valence-corrected chi connectivity index (χ2v) is 8.29. The van der Waals surface area contributed by atoms with Gasteiger partial charge in [0.25, 0.3) is 5.91 Å². The minimum atomic E-state index is -3.32. The van der Waals surface area contributed by atoms with Gasteiger partial charge in [0.05, 0.1) is 23.0 Å². The van der Waals surface area contributed by atoms with Crippen LogP contribution in [0, 0.1) is 12.7 Å². The number of aromatic nitrogens is 2. The van der Waals surface area contributed by atoms with Crippen LogP contribution in [0.25, 0.3) is 5.52 Å². The van der Waals surface area contributed by atoms with Crippen LogP contribution in [0.3, 0.4) is 0 Å². The second-order valence-electron chi connectivity index (χ2n) is 6.46. The quantitative estimate of drug-likeness (QED) is 0.540. The summed E-state index contributed by atoms with van der Waals surface area (Å²) < 4.78 is 45.4. The van der Waals surface area contributed by atoms with Crippen molar-refractivity contribution in [2.24, 2.45) is 0 Å². The highest BCUT2D eigenvalue weighted by atomic mass is 32.2. The van der Waals surface area contributed by atoms with Crippen LogP contribution in [-0.4, -0.2) is 43.3 Å². The highest BCUT2D eigenvalue weighted by molar-refractivity contribution is 7.88. The number of sulfonamides is 1. The summed E-state index contributed by atoms with van der Waals surface area (Å²) in [6.45, 7) is 1.97. The molecular weight excluding hydrogens is 399 g/mol. The van der Waals surface area contributed by atoms with E-state index < -0.39 is 10.0 Å². The molecule has 0 saturated carbocycles. The average Bonchev–Trinajstić information content (AvgIpc) is 2.99. The zero-order chi connectivity index (χ0) is 21.0. The Hall–Kier alpha value is -2.98. The van der Waals surface area contributed by atoms with Gasteiger partial charge in [-0.2, -0.15) is 5.10 Å². The van der Waals surface area contributed by atoms with E-state index in [0.29, 0.717) is 28.1 Å². The van der Waals surface area contributed by atoms with Crippen LogP contribution in [0.5, 0.6) is 5.75 Å². The van der Waals surface area contributed by atoms with Gasteiger partial charge in [0.2, 0.25) is 10.0 Å². The third-order valence-electron chi connectivity index (χ3n) is 4.14. The van der Waals surface area contributed by atoms with Crippen molar-refractivity contribution in [2.75, 3.05) is 19.3 Å². The molecule has 0 fully saturated rings. The number of benzene rings is 1. The SMILES string of the molecule is Cc1nn2ccc(OCc3ccccc3F)cc2c1C(=O)NCCNS(C)(=O)=O. The van der Waals surface area contributed by atoms with Crippen molar-refractivity contribution in [1.29, 1.82) is 0 Å². The molecule has 154 valence electrons. The Balaban J connectivity index is 1.74. The van der Waals surface area contributed by atoms with E-state index >= 15 is 0 Å². The molecule has 29 heavy (non-hydrogen) atoms. The van der Waals surface area contributed by atoms with Gasteiger partial charge in [-0.1, -0.05) is 18.2 Å². The topological polar surface area (TPSA) is 102 Å². The highest BCUT2D eigenvalue weighted by Crippen LogP contribution is 2.22. The van der Waals surface area contributed by atoms with Crippen molar-refractivity contribution >= 4 is 21.4 Å². The fourth-order valence-corrected chi connectivity index (χ4v) is 3.26. The standard InChI is InChI=1S/C19H21FN4O4S/c1-13-18(19(25)21-8-9-22-29(2,26)27)17-11-15(7-10-24(17)23-13)28-12-14-5-3-4-6-16(14)20/h3-7,10-11,22H,8-9,12H2,1-2H3,(H,21,25). The van der Waals surface area contributed by atoms with E-state index in [1.165, 1.54) is 6.07 Å². The van der Waals surface area contributed by atoms with E-state index in [2.05, 4.69) is 15.1 Å². The number of carbonyl (C=O) groups is 1. The number of nitrogens with zero attached hydrogens (tertiary/aromatic N) is 2. The van der Waals surface area contributed by atoms with Crippen molar-refractivity contribution in [3.63, 3.8) is 0 Å². The summed E-state index contributed by atoms with van der Waals surface area (Å²) >= 11 is 0. The molecule has 2 heterocycles. The van der Waals surface area contributed by atoms with Gasteiger partial charge in [-0.15, -0.1) is 0 Å². The zero-order valence-electron chi connectivity index (χ0n) is 16.0. The minimum absolute atomic E-state index is 0.0503. The molecule has 2 aromatic heterocycles. The number of hydrogen-bond acceptors (Lipinski definition) is 5. The molecule has 2 N–H and O–H groups in total. The Labute approximate surface area is 167 Å². The molecule has 1 aromatic carbocycles. The van der Waals surface area contributed by atoms with Gasteiger partial charge in [0.15, 0.2) is 0 Å². The summed E-state index contributed by atoms with van der Waals surface area (Å²) in [7, 11) is -3.32. The number of aryl methyl sites for hydroxylation is 1. The zero-order valence-corrected chi connectivity index (χ0v) is 16.8. The monoisotopic (exact) mass is 420 g/mol. The minimum Gasteiger partial charge on any atom is -0.489 e. The molecule has 0 aliphatic carbocycles. The van der Waals surface area contributed by atoms with E-state index in [1.54, 1.807) is 48.0 Å². The lowest BCUT2D eigenvalue weighted by Crippen LogP contribution is -2.34. The largest absolute Gasteiger partial charge is 0.489 e. The van der Waals surface area contributed by atoms with Crippen LogP contribution < -0.4 is 14.8 Å². The van der Waals surface area contributed by atoms with E-state index in [4.69, 9.17) is 4.74 Å². The Morgan fingerprint density at radius 3 is 2.72 bits per heavy atom. The van der Waals surface area contributed by atoms with Crippen molar-refractivity contribution in [3.05, 3.63) is 65.2 Å². The van der Waals surface area contributed by atoms with Gasteiger partial charge in [-0.3, -0.25) is 4.79 Å². The first kappa shape index (κ1) is 20.7. The Bertz CT molecular complexity index is 1140. The Morgan fingerprint density at radius 1 is 1.24 bits per heavy atom. The maximum atomic E-state index is 13.8. The molecule has 1 amide bonds. The van der Waals surface area contributed by atoms with Crippen LogP contribution in [0.15, 0.2) is 42.6 Å². The maximum absolute atomic E-state index is 13.8. The summed E-state index contributed by atoms with van der Waals surface area (Å²) in [5.41, 5.74) is 1.83. The summed E-state index contributed by atoms with van der Waals surface area (Å²) in [5, 5.41) is 6.97. The molecule has 3 rings (SSSR count). The molecule has 0 aliphatic heterocycles. The fraction of sp³-hybridized carbons (Fsp3) is 0.263. The van der Waals surface area contributed by atoms with Gasteiger partial charge in [-0.05, 0) is 19.1 Å². The molecule has 0 saturated heterocycles. The molecule has 0 spiro atoms. The highest BCUT2D eigenvalue weighted by Gasteiger charge is 2.17. The number of halogens is 1.